The van der Waals surface area contributed by atoms with Gasteiger partial charge in [0.2, 0.25) is 0 Å². The van der Waals surface area contributed by atoms with Gasteiger partial charge in [-0.05, 0) is 35.4 Å². The molecule has 0 fully saturated rings. The van der Waals surface area contributed by atoms with E-state index >= 15 is 0 Å². The molecular weight excluding hydrogens is 246 g/mol. The summed E-state index contributed by atoms with van der Waals surface area (Å²) in [6.45, 7) is 3.36. The van der Waals surface area contributed by atoms with Gasteiger partial charge in [0, 0.05) is 31.0 Å². The van der Waals surface area contributed by atoms with Crippen LogP contribution in [0.4, 0.5) is 11.5 Å². The molecule has 96 valence electrons. The third-order valence-electron chi connectivity index (χ3n) is 2.55. The molecule has 5 heteroatoms. The maximum atomic E-state index is 9.96. The molecule has 0 saturated carbocycles. The van der Waals surface area contributed by atoms with Crippen molar-refractivity contribution in [2.75, 3.05) is 23.7 Å². The van der Waals surface area contributed by atoms with E-state index in [4.69, 9.17) is 0 Å². The van der Waals surface area contributed by atoms with Crippen molar-refractivity contribution in [1.29, 1.82) is 0 Å². The Morgan fingerprint density at radius 3 is 3.00 bits per heavy atom. The highest BCUT2D eigenvalue weighted by Crippen LogP contribution is 2.18. The smallest absolute Gasteiger partial charge is 0.127 e. The van der Waals surface area contributed by atoms with Gasteiger partial charge >= 0.3 is 0 Å². The standard InChI is InChI=1S/C13H17N3OS/c1-2-14-13-7-11(3-5-15-13)16-8-12(17)10-4-6-18-9-10/h3-7,9,12,17H,2,8H2,1H3,(H2,14,15,16). The fourth-order valence-electron chi connectivity index (χ4n) is 1.62. The van der Waals surface area contributed by atoms with Crippen LogP contribution in [0.25, 0.3) is 0 Å². The second-order valence-corrected chi connectivity index (χ2v) is 4.69. The average molecular weight is 263 g/mol. The second-order valence-electron chi connectivity index (χ2n) is 3.91. The van der Waals surface area contributed by atoms with Crippen LogP contribution >= 0.6 is 11.3 Å². The van der Waals surface area contributed by atoms with Gasteiger partial charge in [-0.15, -0.1) is 0 Å². The molecule has 1 atom stereocenters. The van der Waals surface area contributed by atoms with E-state index in [1.807, 2.05) is 35.9 Å². The van der Waals surface area contributed by atoms with Gasteiger partial charge in [-0.25, -0.2) is 4.98 Å². The van der Waals surface area contributed by atoms with Crippen molar-refractivity contribution >= 4 is 22.8 Å². The van der Waals surface area contributed by atoms with Gasteiger partial charge in [0.15, 0.2) is 0 Å². The molecule has 3 N–H and O–H groups in total. The third-order valence-corrected chi connectivity index (χ3v) is 3.25. The van der Waals surface area contributed by atoms with Crippen molar-refractivity contribution in [3.63, 3.8) is 0 Å². The summed E-state index contributed by atoms with van der Waals surface area (Å²) in [7, 11) is 0. The molecule has 0 aromatic carbocycles. The van der Waals surface area contributed by atoms with Crippen LogP contribution in [0.2, 0.25) is 0 Å². The molecule has 0 saturated heterocycles. The Morgan fingerprint density at radius 2 is 2.28 bits per heavy atom. The van der Waals surface area contributed by atoms with Crippen molar-refractivity contribution in [2.45, 2.75) is 13.0 Å². The van der Waals surface area contributed by atoms with Crippen LogP contribution in [0.5, 0.6) is 0 Å². The summed E-state index contributed by atoms with van der Waals surface area (Å²) in [6.07, 6.45) is 1.27. The lowest BCUT2D eigenvalue weighted by molar-refractivity contribution is 0.192. The Kier molecular flexibility index (Phi) is 4.55. The fraction of sp³-hybridized carbons (Fsp3) is 0.308. The van der Waals surface area contributed by atoms with Crippen molar-refractivity contribution in [3.8, 4) is 0 Å². The topological polar surface area (TPSA) is 57.2 Å². The Balaban J connectivity index is 1.91. The number of nitrogens with one attached hydrogen (secondary N) is 2. The van der Waals surface area contributed by atoms with Crippen molar-refractivity contribution in [3.05, 3.63) is 40.7 Å². The molecular formula is C13H17N3OS. The zero-order valence-electron chi connectivity index (χ0n) is 10.3. The zero-order chi connectivity index (χ0) is 12.8. The number of rotatable bonds is 6. The van der Waals surface area contributed by atoms with Crippen molar-refractivity contribution in [2.24, 2.45) is 0 Å². The van der Waals surface area contributed by atoms with E-state index < -0.39 is 6.10 Å². The third kappa shape index (κ3) is 3.45. The number of aliphatic hydroxyl groups excluding tert-OH is 1. The van der Waals surface area contributed by atoms with Crippen LogP contribution in [0, 0.1) is 0 Å². The van der Waals surface area contributed by atoms with Gasteiger partial charge in [-0.2, -0.15) is 11.3 Å². The molecule has 0 spiro atoms. The number of anilines is 2. The monoisotopic (exact) mass is 263 g/mol. The van der Waals surface area contributed by atoms with Gasteiger partial charge in [0.05, 0.1) is 6.10 Å². The number of hydrogen-bond donors (Lipinski definition) is 3. The second kappa shape index (κ2) is 6.37. The highest BCUT2D eigenvalue weighted by atomic mass is 32.1. The summed E-state index contributed by atoms with van der Waals surface area (Å²) < 4.78 is 0. The van der Waals surface area contributed by atoms with E-state index in [0.717, 1.165) is 23.6 Å². The summed E-state index contributed by atoms with van der Waals surface area (Å²) in [5, 5.41) is 20.2. The van der Waals surface area contributed by atoms with Crippen LogP contribution < -0.4 is 10.6 Å². The summed E-state index contributed by atoms with van der Waals surface area (Å²) in [5.74, 6) is 0.840. The first-order valence-corrected chi connectivity index (χ1v) is 6.88. The summed E-state index contributed by atoms with van der Waals surface area (Å²) in [5.41, 5.74) is 1.91. The molecule has 2 aromatic heterocycles. The molecule has 0 radical (unpaired) electrons. The molecule has 0 bridgehead atoms. The SMILES string of the molecule is CCNc1cc(NCC(O)c2ccsc2)ccn1. The van der Waals surface area contributed by atoms with E-state index in [2.05, 4.69) is 15.6 Å². The van der Waals surface area contributed by atoms with Crippen molar-refractivity contribution < 1.29 is 5.11 Å². The van der Waals surface area contributed by atoms with Crippen LogP contribution in [0.3, 0.4) is 0 Å². The molecule has 2 rings (SSSR count). The first-order chi connectivity index (χ1) is 8.79. The molecule has 0 amide bonds. The molecule has 1 unspecified atom stereocenters. The van der Waals surface area contributed by atoms with Gasteiger partial charge in [-0.3, -0.25) is 0 Å². The molecule has 18 heavy (non-hydrogen) atoms. The molecule has 2 heterocycles. The first kappa shape index (κ1) is 12.9. The van der Waals surface area contributed by atoms with Crippen LogP contribution in [-0.4, -0.2) is 23.2 Å². The molecule has 2 aromatic rings. The Morgan fingerprint density at radius 1 is 1.39 bits per heavy atom. The van der Waals surface area contributed by atoms with Crippen molar-refractivity contribution in [1.82, 2.24) is 4.98 Å². The molecule has 0 aliphatic carbocycles. The predicted octanol–water partition coefficient (Wildman–Crippen LogP) is 2.72. The van der Waals surface area contributed by atoms with E-state index in [9.17, 15) is 5.11 Å². The highest BCUT2D eigenvalue weighted by Gasteiger charge is 2.07. The number of thiophene rings is 1. The number of pyridine rings is 1. The predicted molar refractivity (Wildman–Crippen MR) is 76.2 cm³/mol. The van der Waals surface area contributed by atoms with Gasteiger partial charge in [0.1, 0.15) is 5.82 Å². The van der Waals surface area contributed by atoms with Gasteiger partial charge in [0.25, 0.3) is 0 Å². The summed E-state index contributed by atoms with van der Waals surface area (Å²) >= 11 is 1.59. The Hall–Kier alpha value is -1.59. The van der Waals surface area contributed by atoms with Crippen LogP contribution in [0.1, 0.15) is 18.6 Å². The number of hydrogen-bond acceptors (Lipinski definition) is 5. The Bertz CT molecular complexity index is 473. The minimum Gasteiger partial charge on any atom is -0.387 e. The lowest BCUT2D eigenvalue weighted by Gasteiger charge is -2.12. The minimum atomic E-state index is -0.480. The summed E-state index contributed by atoms with van der Waals surface area (Å²) in [4.78, 5) is 4.19. The summed E-state index contributed by atoms with van der Waals surface area (Å²) in [6, 6.07) is 5.76. The lowest BCUT2D eigenvalue weighted by atomic mass is 10.2. The maximum absolute atomic E-state index is 9.96. The lowest BCUT2D eigenvalue weighted by Crippen LogP contribution is -2.11. The molecule has 0 aliphatic heterocycles. The minimum absolute atomic E-state index is 0.480. The number of aliphatic hydroxyl groups is 1. The van der Waals surface area contributed by atoms with Crippen LogP contribution in [0.15, 0.2) is 35.2 Å². The van der Waals surface area contributed by atoms with E-state index in [0.29, 0.717) is 6.54 Å². The quantitative estimate of drug-likeness (QED) is 0.750. The van der Waals surface area contributed by atoms with Gasteiger partial charge < -0.3 is 15.7 Å². The maximum Gasteiger partial charge on any atom is 0.127 e. The average Bonchev–Trinajstić information content (AvgIpc) is 2.91. The fourth-order valence-corrected chi connectivity index (χ4v) is 2.32. The number of aromatic nitrogens is 1. The molecule has 4 nitrogen and oxygen atoms in total. The van der Waals surface area contributed by atoms with Crippen LogP contribution in [-0.2, 0) is 0 Å². The van der Waals surface area contributed by atoms with E-state index in [1.54, 1.807) is 17.5 Å². The normalized spacial score (nSPS) is 12.1. The zero-order valence-corrected chi connectivity index (χ0v) is 11.1. The Labute approximate surface area is 111 Å². The number of nitrogens with zero attached hydrogens (tertiary/aromatic N) is 1. The largest absolute Gasteiger partial charge is 0.387 e. The molecule has 0 aliphatic rings. The van der Waals surface area contributed by atoms with Gasteiger partial charge in [-0.1, -0.05) is 0 Å². The highest BCUT2D eigenvalue weighted by molar-refractivity contribution is 7.07. The first-order valence-electron chi connectivity index (χ1n) is 5.93. The van der Waals surface area contributed by atoms with E-state index in [1.165, 1.54) is 0 Å². The van der Waals surface area contributed by atoms with E-state index in [-0.39, 0.29) is 0 Å².